The molecule has 244 valence electrons. The van der Waals surface area contributed by atoms with Crippen LogP contribution in [0.15, 0.2) is 48.8 Å². The van der Waals surface area contributed by atoms with E-state index < -0.39 is 53.4 Å². The molecule has 0 unspecified atom stereocenters. The van der Waals surface area contributed by atoms with Crippen molar-refractivity contribution in [3.05, 3.63) is 60.0 Å². The predicted octanol–water partition coefficient (Wildman–Crippen LogP) is 3.71. The number of hydrogen-bond acceptors (Lipinski definition) is 11. The number of rotatable bonds is 8. The molecule has 0 bridgehead atoms. The molecular weight excluding hydrogens is 596 g/mol. The zero-order chi connectivity index (χ0) is 33.4. The molecule has 0 saturated carbocycles. The number of nitrogens with zero attached hydrogens (tertiary/aromatic N) is 4. The maximum absolute atomic E-state index is 13.2. The van der Waals surface area contributed by atoms with Gasteiger partial charge in [0, 0.05) is 5.56 Å². The SMILES string of the molecule is CC(C)[C@H](NC(=O)OC(C)(C)C)C(=O)OC[C@H]1O[C@@](C#N)(c2ccc3c(NC(=O)c4ccccc4)ncnn23)[C@@H]2OC(C)(C)O[C@@H]21. The van der Waals surface area contributed by atoms with Crippen LogP contribution >= 0.6 is 0 Å². The van der Waals surface area contributed by atoms with Crippen LogP contribution in [-0.4, -0.2) is 74.9 Å². The number of fused-ring (bicyclic) bond motifs is 2. The minimum atomic E-state index is -1.75. The Labute approximate surface area is 266 Å². The number of benzene rings is 1. The lowest BCUT2D eigenvalue weighted by Crippen LogP contribution is -2.48. The number of aromatic nitrogens is 3. The molecule has 2 aliphatic rings. The molecule has 2 aromatic heterocycles. The molecule has 46 heavy (non-hydrogen) atoms. The van der Waals surface area contributed by atoms with Gasteiger partial charge in [-0.2, -0.15) is 10.4 Å². The van der Waals surface area contributed by atoms with Crippen molar-refractivity contribution in [3.8, 4) is 6.07 Å². The summed E-state index contributed by atoms with van der Waals surface area (Å²) in [4.78, 5) is 42.7. The highest BCUT2D eigenvalue weighted by atomic mass is 16.8. The number of ether oxygens (including phenoxy) is 5. The molecule has 5 rings (SSSR count). The van der Waals surface area contributed by atoms with E-state index in [-0.39, 0.29) is 24.2 Å². The Morgan fingerprint density at radius 3 is 2.46 bits per heavy atom. The van der Waals surface area contributed by atoms with Crippen molar-refractivity contribution in [1.29, 1.82) is 5.26 Å². The molecule has 2 N–H and O–H groups in total. The maximum Gasteiger partial charge on any atom is 0.408 e. The zero-order valence-electron chi connectivity index (χ0n) is 26.8. The van der Waals surface area contributed by atoms with Crippen LogP contribution in [0.3, 0.4) is 0 Å². The van der Waals surface area contributed by atoms with Crippen molar-refractivity contribution in [3.63, 3.8) is 0 Å². The quantitative estimate of drug-likeness (QED) is 0.346. The summed E-state index contributed by atoms with van der Waals surface area (Å²) in [6.45, 7) is 11.8. The van der Waals surface area contributed by atoms with Crippen molar-refractivity contribution in [2.45, 2.75) is 89.8 Å². The van der Waals surface area contributed by atoms with Gasteiger partial charge in [0.05, 0.1) is 5.69 Å². The number of carbonyl (C=O) groups excluding carboxylic acids is 3. The molecule has 0 spiro atoms. The summed E-state index contributed by atoms with van der Waals surface area (Å²) >= 11 is 0. The first kappa shape index (κ1) is 32.8. The highest BCUT2D eigenvalue weighted by Crippen LogP contribution is 2.49. The summed E-state index contributed by atoms with van der Waals surface area (Å²) in [5.41, 5.74) is -1.34. The average molecular weight is 635 g/mol. The van der Waals surface area contributed by atoms with Crippen molar-refractivity contribution in [1.82, 2.24) is 19.9 Å². The van der Waals surface area contributed by atoms with Gasteiger partial charge >= 0.3 is 12.1 Å². The van der Waals surface area contributed by atoms with Gasteiger partial charge in [0.25, 0.3) is 5.91 Å². The van der Waals surface area contributed by atoms with Gasteiger partial charge in [0.15, 0.2) is 11.6 Å². The molecule has 5 atom stereocenters. The smallest absolute Gasteiger partial charge is 0.408 e. The standard InChI is InChI=1S/C32H38N6O8/c1-18(2)23(36-29(41)46-30(3,4)5)28(40)42-15-21-24-25(45-31(6,7)44-24)32(16-33,43-21)22-14-13-20-26(34-17-35-38(20)22)37-27(39)19-11-9-8-10-12-19/h8-14,17-18,21,23-25H,15H2,1-7H3,(H,36,41)(H,34,35,37,39)/t21-,23+,24-,25-,32+/m1/s1. The van der Waals surface area contributed by atoms with Gasteiger partial charge in [-0.1, -0.05) is 32.0 Å². The monoisotopic (exact) mass is 634 g/mol. The number of esters is 1. The van der Waals surface area contributed by atoms with Crippen molar-refractivity contribution >= 4 is 29.3 Å². The first-order valence-electron chi connectivity index (χ1n) is 14.9. The van der Waals surface area contributed by atoms with Gasteiger partial charge in [-0.3, -0.25) is 4.79 Å². The van der Waals surface area contributed by atoms with E-state index in [1.54, 1.807) is 84.9 Å². The van der Waals surface area contributed by atoms with E-state index in [4.69, 9.17) is 23.7 Å². The van der Waals surface area contributed by atoms with E-state index >= 15 is 0 Å². The zero-order valence-corrected chi connectivity index (χ0v) is 26.8. The Morgan fingerprint density at radius 1 is 1.09 bits per heavy atom. The van der Waals surface area contributed by atoms with Gasteiger partial charge in [-0.05, 0) is 64.8 Å². The molecule has 0 radical (unpaired) electrons. The fourth-order valence-electron chi connectivity index (χ4n) is 5.50. The first-order valence-corrected chi connectivity index (χ1v) is 14.9. The Morgan fingerprint density at radius 2 is 1.80 bits per heavy atom. The number of carbonyl (C=O) groups is 3. The Bertz CT molecular complexity index is 1660. The molecule has 4 heterocycles. The second-order valence-corrected chi connectivity index (χ2v) is 13.0. The number of nitriles is 1. The summed E-state index contributed by atoms with van der Waals surface area (Å²) in [5, 5.41) is 20.4. The van der Waals surface area contributed by atoms with Crippen LogP contribution < -0.4 is 10.6 Å². The van der Waals surface area contributed by atoms with Gasteiger partial charge in [-0.15, -0.1) is 0 Å². The minimum Gasteiger partial charge on any atom is -0.461 e. The van der Waals surface area contributed by atoms with Gasteiger partial charge in [0.2, 0.25) is 5.60 Å². The lowest BCUT2D eigenvalue weighted by atomic mass is 9.92. The number of hydrogen-bond donors (Lipinski definition) is 2. The van der Waals surface area contributed by atoms with E-state index in [1.165, 1.54) is 10.8 Å². The third-order valence-corrected chi connectivity index (χ3v) is 7.48. The number of amides is 2. The number of nitrogens with one attached hydrogen (secondary N) is 2. The third kappa shape index (κ3) is 6.53. The molecule has 0 aliphatic carbocycles. The fourth-order valence-corrected chi connectivity index (χ4v) is 5.50. The fraction of sp³-hybridized carbons (Fsp3) is 0.500. The largest absolute Gasteiger partial charge is 0.461 e. The normalized spacial score (nSPS) is 24.2. The van der Waals surface area contributed by atoms with Gasteiger partial charge in [-0.25, -0.2) is 19.1 Å². The molecule has 1 aromatic carbocycles. The summed E-state index contributed by atoms with van der Waals surface area (Å²) in [7, 11) is 0. The van der Waals surface area contributed by atoms with E-state index in [9.17, 15) is 19.6 Å². The molecule has 2 saturated heterocycles. The van der Waals surface area contributed by atoms with Crippen molar-refractivity contribution in [2.24, 2.45) is 5.92 Å². The number of alkyl carbamates (subject to hydrolysis) is 1. The van der Waals surface area contributed by atoms with Gasteiger partial charge < -0.3 is 34.3 Å². The van der Waals surface area contributed by atoms with Crippen LogP contribution in [0.25, 0.3) is 5.52 Å². The summed E-state index contributed by atoms with van der Waals surface area (Å²) in [5.74, 6) is -2.24. The number of anilines is 1. The van der Waals surface area contributed by atoms with Crippen LogP contribution in [-0.2, 0) is 34.1 Å². The molecule has 2 aliphatic heterocycles. The van der Waals surface area contributed by atoms with Crippen LogP contribution in [0.1, 0.15) is 64.5 Å². The van der Waals surface area contributed by atoms with Crippen LogP contribution in [0.4, 0.5) is 10.6 Å². The van der Waals surface area contributed by atoms with E-state index in [1.807, 2.05) is 6.07 Å². The summed E-state index contributed by atoms with van der Waals surface area (Å²) < 4.78 is 31.2. The Hall–Kier alpha value is -4.58. The van der Waals surface area contributed by atoms with Crippen LogP contribution in [0.5, 0.6) is 0 Å². The second kappa shape index (κ2) is 12.3. The van der Waals surface area contributed by atoms with Crippen LogP contribution in [0.2, 0.25) is 0 Å². The third-order valence-electron chi connectivity index (χ3n) is 7.48. The first-order chi connectivity index (χ1) is 21.6. The Balaban J connectivity index is 1.40. The average Bonchev–Trinajstić information content (AvgIpc) is 3.64. The lowest BCUT2D eigenvalue weighted by Gasteiger charge is -2.29. The predicted molar refractivity (Wildman–Crippen MR) is 162 cm³/mol. The molecule has 2 amide bonds. The van der Waals surface area contributed by atoms with Crippen molar-refractivity contribution in [2.75, 3.05) is 11.9 Å². The molecule has 14 nitrogen and oxygen atoms in total. The summed E-state index contributed by atoms with van der Waals surface area (Å²) in [6, 6.07) is 13.2. The van der Waals surface area contributed by atoms with E-state index in [2.05, 4.69) is 26.8 Å². The molecule has 2 fully saturated rings. The van der Waals surface area contributed by atoms with Crippen molar-refractivity contribution < 1.29 is 38.1 Å². The molecular formula is C32H38N6O8. The van der Waals surface area contributed by atoms with Gasteiger partial charge in [0.1, 0.15) is 54.5 Å². The topological polar surface area (TPSA) is 175 Å². The van der Waals surface area contributed by atoms with E-state index in [0.29, 0.717) is 16.8 Å². The highest BCUT2D eigenvalue weighted by molar-refractivity contribution is 6.05. The van der Waals surface area contributed by atoms with E-state index in [0.717, 1.165) is 0 Å². The minimum absolute atomic E-state index is 0.226. The highest BCUT2D eigenvalue weighted by Gasteiger charge is 2.65. The van der Waals surface area contributed by atoms with Crippen LogP contribution in [0, 0.1) is 17.2 Å². The molecule has 3 aromatic rings. The maximum atomic E-state index is 13.2. The molecule has 14 heteroatoms. The lowest BCUT2D eigenvalue weighted by molar-refractivity contribution is -0.207. The second-order valence-electron chi connectivity index (χ2n) is 13.0. The Kier molecular flexibility index (Phi) is 8.78. The summed E-state index contributed by atoms with van der Waals surface area (Å²) in [6.07, 6.45) is -2.15.